The van der Waals surface area contributed by atoms with E-state index in [4.69, 9.17) is 6.58 Å². The highest BCUT2D eigenvalue weighted by molar-refractivity contribution is 6.04. The van der Waals surface area contributed by atoms with Crippen molar-refractivity contribution in [1.29, 1.82) is 0 Å². The van der Waals surface area contributed by atoms with Crippen LogP contribution in [-0.4, -0.2) is 0 Å². The Kier molecular flexibility index (Phi) is 7.43. The molecule has 7 aromatic rings. The smallest absolute Gasteiger partial charge is 0.0726 e. The normalized spacial score (nSPS) is 24.7. The molecular weight excluding hydrogens is 771 g/mol. The minimum absolute atomic E-state index is 0.0255. The van der Waals surface area contributed by atoms with Crippen molar-refractivity contribution in [3.8, 4) is 22.3 Å². The van der Waals surface area contributed by atoms with Crippen LogP contribution in [0.5, 0.6) is 0 Å². The van der Waals surface area contributed by atoms with E-state index >= 15 is 0 Å². The summed E-state index contributed by atoms with van der Waals surface area (Å²) in [7, 11) is 0. The maximum atomic E-state index is 5.29. The second kappa shape index (κ2) is 12.9. The Bertz CT molecular complexity index is 3170. The summed E-state index contributed by atoms with van der Waals surface area (Å²) in [6.07, 6.45) is 11.5. The largest absolute Gasteiger partial charge is 0.310 e. The molecule has 8 aliphatic rings. The van der Waals surface area contributed by atoms with Crippen LogP contribution in [0.2, 0.25) is 0 Å². The van der Waals surface area contributed by atoms with Crippen molar-refractivity contribution < 1.29 is 0 Å². The molecule has 1 nitrogen and oxygen atoms in total. The minimum Gasteiger partial charge on any atom is -0.310 e. The SMILES string of the molecule is C=C(C1=C(/C=C\C)c2ccccc2C12C1CC3CC(C1)CC2C3)c1ccccc1N(c1ccccc1)c1cc2c3c(c1)C1(c4ccccc4-c4ccccc41)c1cccc(c1-3)C2(C)C. The molecule has 0 atom stereocenters. The van der Waals surface area contributed by atoms with E-state index in [1.54, 1.807) is 5.56 Å². The molecule has 0 heterocycles. The standard InChI is InChI=1S/C63H53N/c1-5-18-49-48-24-11-13-25-50(48)62(41-32-39-31-40(34-41)35-42(62)33-39)60(49)38(2)45-21-12-16-30-57(45)64(43-19-7-6-8-20-43)44-36-55-59-56(37-44)63(54-29-17-28-53(58(54)59)61(55,3)4)51-26-14-9-22-46(51)47-23-10-15-27-52(47)63/h5-30,36-37,39-42H,2,31-35H2,1,3-4H3/b18-5-. The van der Waals surface area contributed by atoms with E-state index in [0.717, 1.165) is 17.5 Å². The second-order valence-electron chi connectivity index (χ2n) is 20.8. The van der Waals surface area contributed by atoms with Gasteiger partial charge in [0.2, 0.25) is 0 Å². The van der Waals surface area contributed by atoms with Gasteiger partial charge in [-0.1, -0.05) is 160 Å². The van der Waals surface area contributed by atoms with Gasteiger partial charge in [-0.25, -0.2) is 0 Å². The Morgan fingerprint density at radius 3 is 1.77 bits per heavy atom. The Balaban J connectivity index is 1.03. The molecule has 2 spiro atoms. The van der Waals surface area contributed by atoms with Gasteiger partial charge in [0.1, 0.15) is 0 Å². The summed E-state index contributed by atoms with van der Waals surface area (Å²) in [6.45, 7) is 12.4. The first-order valence-electron chi connectivity index (χ1n) is 24.0. The van der Waals surface area contributed by atoms with Crippen molar-refractivity contribution in [2.45, 2.75) is 69.1 Å². The molecule has 8 aliphatic carbocycles. The molecule has 0 saturated heterocycles. The molecule has 0 aliphatic heterocycles. The first kappa shape index (κ1) is 37.0. The van der Waals surface area contributed by atoms with Crippen LogP contribution in [0, 0.1) is 23.7 Å². The van der Waals surface area contributed by atoms with E-state index in [0.29, 0.717) is 11.8 Å². The van der Waals surface area contributed by atoms with Gasteiger partial charge in [0.15, 0.2) is 0 Å². The van der Waals surface area contributed by atoms with Crippen LogP contribution in [-0.2, 0) is 16.2 Å². The van der Waals surface area contributed by atoms with Crippen molar-refractivity contribution in [2.75, 3.05) is 4.90 Å². The lowest BCUT2D eigenvalue weighted by Gasteiger charge is -2.62. The van der Waals surface area contributed by atoms with Crippen molar-refractivity contribution in [1.82, 2.24) is 0 Å². The van der Waals surface area contributed by atoms with Crippen LogP contribution in [0.25, 0.3) is 33.4 Å². The quantitative estimate of drug-likeness (QED) is 0.161. The van der Waals surface area contributed by atoms with Gasteiger partial charge in [-0.05, 0) is 177 Å². The number of hydrogen-bond acceptors (Lipinski definition) is 1. The van der Waals surface area contributed by atoms with E-state index < -0.39 is 5.41 Å². The number of para-hydroxylation sites is 2. The van der Waals surface area contributed by atoms with Gasteiger partial charge >= 0.3 is 0 Å². The predicted molar refractivity (Wildman–Crippen MR) is 265 cm³/mol. The van der Waals surface area contributed by atoms with Crippen LogP contribution < -0.4 is 4.90 Å². The molecule has 7 aromatic carbocycles. The predicted octanol–water partition coefficient (Wildman–Crippen LogP) is 15.9. The third-order valence-electron chi connectivity index (χ3n) is 17.7. The first-order valence-corrected chi connectivity index (χ1v) is 24.0. The molecule has 4 fully saturated rings. The van der Waals surface area contributed by atoms with Crippen LogP contribution in [0.15, 0.2) is 182 Å². The average Bonchev–Trinajstić information content (AvgIpc) is 3.98. The van der Waals surface area contributed by atoms with Crippen LogP contribution in [0.3, 0.4) is 0 Å². The lowest BCUT2D eigenvalue weighted by Crippen LogP contribution is -2.55. The van der Waals surface area contributed by atoms with Crippen LogP contribution in [0.1, 0.15) is 103 Å². The molecule has 0 aromatic heterocycles. The maximum Gasteiger partial charge on any atom is 0.0726 e. The Hall–Kier alpha value is -6.44. The summed E-state index contributed by atoms with van der Waals surface area (Å²) in [5, 5.41) is 0. The molecule has 4 saturated carbocycles. The lowest BCUT2D eigenvalue weighted by atomic mass is 9.42. The van der Waals surface area contributed by atoms with Gasteiger partial charge in [-0.3, -0.25) is 0 Å². The zero-order valence-electron chi connectivity index (χ0n) is 37.2. The summed E-state index contributed by atoms with van der Waals surface area (Å²) in [5.74, 6) is 3.01. The minimum atomic E-state index is -0.422. The summed E-state index contributed by atoms with van der Waals surface area (Å²) < 4.78 is 0. The van der Waals surface area contributed by atoms with E-state index in [1.165, 1.54) is 127 Å². The van der Waals surface area contributed by atoms with Crippen molar-refractivity contribution >= 4 is 28.2 Å². The summed E-state index contributed by atoms with van der Waals surface area (Å²) >= 11 is 0. The van der Waals surface area contributed by atoms with Crippen molar-refractivity contribution in [3.05, 3.63) is 232 Å². The van der Waals surface area contributed by atoms with Crippen molar-refractivity contribution in [2.24, 2.45) is 23.7 Å². The summed E-state index contributed by atoms with van der Waals surface area (Å²) in [4.78, 5) is 2.58. The van der Waals surface area contributed by atoms with Crippen molar-refractivity contribution in [3.63, 3.8) is 0 Å². The van der Waals surface area contributed by atoms with Gasteiger partial charge in [-0.2, -0.15) is 0 Å². The fourth-order valence-corrected chi connectivity index (χ4v) is 15.7. The topological polar surface area (TPSA) is 3.24 Å². The van der Waals surface area contributed by atoms with Gasteiger partial charge in [-0.15, -0.1) is 0 Å². The van der Waals surface area contributed by atoms with Gasteiger partial charge < -0.3 is 4.90 Å². The Morgan fingerprint density at radius 2 is 1.08 bits per heavy atom. The number of benzene rings is 7. The highest BCUT2D eigenvalue weighted by Crippen LogP contribution is 2.72. The Morgan fingerprint density at radius 1 is 0.531 bits per heavy atom. The number of rotatable bonds is 6. The number of allylic oxidation sites excluding steroid dienone is 5. The fourth-order valence-electron chi connectivity index (χ4n) is 15.7. The molecule has 4 bridgehead atoms. The monoisotopic (exact) mass is 823 g/mol. The fraction of sp³-hybridized carbons (Fsp3) is 0.238. The molecule has 0 N–H and O–H groups in total. The van der Waals surface area contributed by atoms with E-state index in [9.17, 15) is 0 Å². The van der Waals surface area contributed by atoms with Gasteiger partial charge in [0, 0.05) is 27.8 Å². The number of anilines is 3. The zero-order valence-corrected chi connectivity index (χ0v) is 37.2. The number of fused-ring (bicyclic) bond motifs is 8. The lowest BCUT2D eigenvalue weighted by molar-refractivity contribution is -0.0401. The van der Waals surface area contributed by atoms with Gasteiger partial charge in [0.05, 0.1) is 11.1 Å². The second-order valence-corrected chi connectivity index (χ2v) is 20.8. The molecule has 64 heavy (non-hydrogen) atoms. The van der Waals surface area contributed by atoms with Crippen LogP contribution in [0.4, 0.5) is 17.1 Å². The molecule has 15 rings (SSSR count). The first-order chi connectivity index (χ1) is 31.4. The highest BCUT2D eigenvalue weighted by atomic mass is 15.1. The summed E-state index contributed by atoms with van der Waals surface area (Å²) in [6, 6.07) is 60.6. The molecule has 0 amide bonds. The average molecular weight is 824 g/mol. The van der Waals surface area contributed by atoms with E-state index in [-0.39, 0.29) is 10.8 Å². The third-order valence-corrected chi connectivity index (χ3v) is 17.7. The van der Waals surface area contributed by atoms with Crippen LogP contribution >= 0.6 is 0 Å². The van der Waals surface area contributed by atoms with Gasteiger partial charge in [0.25, 0.3) is 0 Å². The van der Waals surface area contributed by atoms with E-state index in [1.807, 2.05) is 0 Å². The number of hydrogen-bond donors (Lipinski definition) is 0. The molecular formula is C63H53N. The summed E-state index contributed by atoms with van der Waals surface area (Å²) in [5.41, 5.74) is 25.2. The van der Waals surface area contributed by atoms with E-state index in [2.05, 4.69) is 196 Å². The third kappa shape index (κ3) is 4.37. The maximum absolute atomic E-state index is 5.29. The molecule has 0 unspecified atom stereocenters. The Labute approximate surface area is 378 Å². The number of nitrogens with zero attached hydrogens (tertiary/aromatic N) is 1. The zero-order chi connectivity index (χ0) is 42.7. The molecule has 0 radical (unpaired) electrons. The molecule has 1 heteroatoms. The molecule has 310 valence electrons. The highest BCUT2D eigenvalue weighted by Gasteiger charge is 2.63.